The number of aliphatic carboxylic acids is 1. The van der Waals surface area contributed by atoms with Gasteiger partial charge in [-0.3, -0.25) is 9.59 Å². The third-order valence-electron chi connectivity index (χ3n) is 5.42. The Morgan fingerprint density at radius 1 is 1.19 bits per heavy atom. The molecular formula is C23H19ClFNO6. The van der Waals surface area contributed by atoms with Gasteiger partial charge in [-0.25, -0.2) is 9.18 Å². The first-order chi connectivity index (χ1) is 15.3. The van der Waals surface area contributed by atoms with Gasteiger partial charge < -0.3 is 19.2 Å². The molecule has 0 unspecified atom stereocenters. The average molecular weight is 460 g/mol. The van der Waals surface area contributed by atoms with E-state index in [-0.39, 0.29) is 29.7 Å². The molecule has 9 heteroatoms. The molecule has 1 amide bonds. The number of benzene rings is 2. The quantitative estimate of drug-likeness (QED) is 0.580. The summed E-state index contributed by atoms with van der Waals surface area (Å²) in [6.45, 7) is 0.373. The van der Waals surface area contributed by atoms with Crippen molar-refractivity contribution in [2.75, 3.05) is 19.7 Å². The van der Waals surface area contributed by atoms with Crippen molar-refractivity contribution in [3.05, 3.63) is 63.7 Å². The highest BCUT2D eigenvalue weighted by molar-refractivity contribution is 6.33. The monoisotopic (exact) mass is 459 g/mol. The van der Waals surface area contributed by atoms with Crippen molar-refractivity contribution in [2.45, 2.75) is 12.8 Å². The fraction of sp³-hybridized carbons (Fsp3) is 0.261. The van der Waals surface area contributed by atoms with Gasteiger partial charge in [0.25, 0.3) is 5.91 Å². The largest absolute Gasteiger partial charge is 0.484 e. The molecule has 0 saturated carbocycles. The summed E-state index contributed by atoms with van der Waals surface area (Å²) in [5, 5.41) is 9.90. The lowest BCUT2D eigenvalue weighted by Crippen LogP contribution is -2.44. The summed E-state index contributed by atoms with van der Waals surface area (Å²) in [4.78, 5) is 37.2. The zero-order chi connectivity index (χ0) is 22.8. The van der Waals surface area contributed by atoms with Crippen molar-refractivity contribution in [3.63, 3.8) is 0 Å². The summed E-state index contributed by atoms with van der Waals surface area (Å²) in [6.07, 6.45) is 1.17. The van der Waals surface area contributed by atoms with E-state index in [1.165, 1.54) is 29.2 Å². The van der Waals surface area contributed by atoms with E-state index >= 15 is 0 Å². The number of carboxylic acids is 1. The standard InChI is InChI=1S/C23H19ClFNO6/c24-19-8-14(25)3-5-16(19)18-10-22(28)32-20-9-15(4-6-17(18)20)31-12-21(27)26-7-1-2-13(11-26)23(29)30/h3-6,8-10,13H,1-2,7,11-12H2,(H,29,30)/t13-/m0/s1. The van der Waals surface area contributed by atoms with E-state index in [0.717, 1.165) is 6.07 Å². The van der Waals surface area contributed by atoms with Gasteiger partial charge in [0.15, 0.2) is 6.61 Å². The van der Waals surface area contributed by atoms with Crippen molar-refractivity contribution in [1.29, 1.82) is 0 Å². The Hall–Kier alpha value is -3.39. The molecule has 1 fully saturated rings. The van der Waals surface area contributed by atoms with Crippen molar-refractivity contribution < 1.29 is 28.2 Å². The molecule has 7 nitrogen and oxygen atoms in total. The number of likely N-dealkylation sites (tertiary alicyclic amines) is 1. The Bertz CT molecular complexity index is 1260. The molecule has 0 radical (unpaired) electrons. The van der Waals surface area contributed by atoms with E-state index in [9.17, 15) is 23.9 Å². The lowest BCUT2D eigenvalue weighted by Gasteiger charge is -2.30. The summed E-state index contributed by atoms with van der Waals surface area (Å²) >= 11 is 6.16. The predicted octanol–water partition coefficient (Wildman–Crippen LogP) is 3.95. The van der Waals surface area contributed by atoms with Crippen molar-refractivity contribution in [1.82, 2.24) is 4.90 Å². The van der Waals surface area contributed by atoms with Crippen LogP contribution in [0.3, 0.4) is 0 Å². The highest BCUT2D eigenvalue weighted by atomic mass is 35.5. The number of hydrogen-bond acceptors (Lipinski definition) is 5. The maximum Gasteiger partial charge on any atom is 0.336 e. The first kappa shape index (κ1) is 21.8. The average Bonchev–Trinajstić information content (AvgIpc) is 2.76. The summed E-state index contributed by atoms with van der Waals surface area (Å²) < 4.78 is 24.3. The summed E-state index contributed by atoms with van der Waals surface area (Å²) in [5.41, 5.74) is 0.570. The number of hydrogen-bond donors (Lipinski definition) is 1. The Labute approximate surface area is 187 Å². The second kappa shape index (κ2) is 9.00. The number of rotatable bonds is 5. The van der Waals surface area contributed by atoms with Crippen molar-refractivity contribution in [3.8, 4) is 16.9 Å². The molecule has 166 valence electrons. The first-order valence-corrected chi connectivity index (χ1v) is 10.4. The Morgan fingerprint density at radius 2 is 2.00 bits per heavy atom. The maximum atomic E-state index is 13.4. The van der Waals surface area contributed by atoms with Crippen LogP contribution in [0, 0.1) is 11.7 Å². The lowest BCUT2D eigenvalue weighted by molar-refractivity contribution is -0.146. The lowest BCUT2D eigenvalue weighted by atomic mass is 9.98. The SMILES string of the molecule is O=C(O)[C@H]1CCCN(C(=O)COc2ccc3c(-c4ccc(F)cc4Cl)cc(=O)oc3c2)C1. The Kier molecular flexibility index (Phi) is 6.14. The van der Waals surface area contributed by atoms with Gasteiger partial charge in [0.1, 0.15) is 17.1 Å². The van der Waals surface area contributed by atoms with Gasteiger partial charge in [0.05, 0.1) is 10.9 Å². The van der Waals surface area contributed by atoms with Gasteiger partial charge in [-0.15, -0.1) is 0 Å². The third-order valence-corrected chi connectivity index (χ3v) is 5.74. The molecular weight excluding hydrogens is 441 g/mol. The van der Waals surface area contributed by atoms with Crippen LogP contribution in [-0.4, -0.2) is 41.6 Å². The smallest absolute Gasteiger partial charge is 0.336 e. The van der Waals surface area contributed by atoms with Gasteiger partial charge >= 0.3 is 11.6 Å². The molecule has 3 aromatic rings. The summed E-state index contributed by atoms with van der Waals surface area (Å²) in [5.74, 6) is -1.98. The third kappa shape index (κ3) is 4.60. The van der Waals surface area contributed by atoms with E-state index in [1.54, 1.807) is 12.1 Å². The van der Waals surface area contributed by atoms with Gasteiger partial charge in [-0.2, -0.15) is 0 Å². The number of carbonyl (C=O) groups is 2. The van der Waals surface area contributed by atoms with Gasteiger partial charge in [0.2, 0.25) is 0 Å². The molecule has 2 aromatic carbocycles. The van der Waals surface area contributed by atoms with Crippen molar-refractivity contribution in [2.24, 2.45) is 5.92 Å². The van der Waals surface area contributed by atoms with Gasteiger partial charge in [-0.1, -0.05) is 11.6 Å². The number of carboxylic acid groups (broad SMARTS) is 1. The molecule has 1 aliphatic heterocycles. The van der Waals surface area contributed by atoms with Crippen molar-refractivity contribution >= 4 is 34.4 Å². The number of nitrogens with zero attached hydrogens (tertiary/aromatic N) is 1. The van der Waals surface area contributed by atoms with E-state index in [1.807, 2.05) is 0 Å². The van der Waals surface area contributed by atoms with Crippen LogP contribution in [0.25, 0.3) is 22.1 Å². The number of piperidine rings is 1. The van der Waals surface area contributed by atoms with E-state index in [0.29, 0.717) is 41.6 Å². The van der Waals surface area contributed by atoms with E-state index in [2.05, 4.69) is 0 Å². The molecule has 1 aromatic heterocycles. The molecule has 1 saturated heterocycles. The first-order valence-electron chi connectivity index (χ1n) is 9.98. The minimum Gasteiger partial charge on any atom is -0.484 e. The Balaban J connectivity index is 1.55. The molecule has 4 rings (SSSR count). The van der Waals surface area contributed by atoms with Crippen LogP contribution >= 0.6 is 11.6 Å². The fourth-order valence-electron chi connectivity index (χ4n) is 3.81. The molecule has 1 N–H and O–H groups in total. The molecule has 1 atom stereocenters. The van der Waals surface area contributed by atoms with Gasteiger partial charge in [-0.05, 0) is 43.2 Å². The highest BCUT2D eigenvalue weighted by Gasteiger charge is 2.28. The highest BCUT2D eigenvalue weighted by Crippen LogP contribution is 2.34. The summed E-state index contributed by atoms with van der Waals surface area (Å²) in [7, 11) is 0. The predicted molar refractivity (Wildman–Crippen MR) is 115 cm³/mol. The number of fused-ring (bicyclic) bond motifs is 1. The molecule has 0 spiro atoms. The molecule has 0 aliphatic carbocycles. The van der Waals surface area contributed by atoms with E-state index in [4.69, 9.17) is 20.8 Å². The summed E-state index contributed by atoms with van der Waals surface area (Å²) in [6, 6.07) is 9.94. The molecule has 32 heavy (non-hydrogen) atoms. The molecule has 1 aliphatic rings. The van der Waals surface area contributed by atoms with Crippen LogP contribution in [0.1, 0.15) is 12.8 Å². The van der Waals surface area contributed by atoms with Crippen LogP contribution in [0.15, 0.2) is 51.7 Å². The topological polar surface area (TPSA) is 97.0 Å². The minimum absolute atomic E-state index is 0.156. The number of ether oxygens (including phenoxy) is 1. The van der Waals surface area contributed by atoms with Crippen LogP contribution in [-0.2, 0) is 9.59 Å². The van der Waals surface area contributed by atoms with E-state index < -0.39 is 23.3 Å². The van der Waals surface area contributed by atoms with Crippen LogP contribution in [0.5, 0.6) is 5.75 Å². The van der Waals surface area contributed by atoms with Gasteiger partial charge in [0, 0.05) is 41.7 Å². The molecule has 2 heterocycles. The fourth-order valence-corrected chi connectivity index (χ4v) is 4.07. The number of halogens is 2. The number of carbonyl (C=O) groups excluding carboxylic acids is 1. The zero-order valence-electron chi connectivity index (χ0n) is 16.8. The normalized spacial score (nSPS) is 16.2. The van der Waals surface area contributed by atoms with Crippen LogP contribution < -0.4 is 10.4 Å². The second-order valence-corrected chi connectivity index (χ2v) is 7.97. The van der Waals surface area contributed by atoms with Crippen LogP contribution in [0.4, 0.5) is 4.39 Å². The second-order valence-electron chi connectivity index (χ2n) is 7.57. The maximum absolute atomic E-state index is 13.4. The van der Waals surface area contributed by atoms with Crippen LogP contribution in [0.2, 0.25) is 5.02 Å². The molecule has 0 bridgehead atoms. The Morgan fingerprint density at radius 3 is 2.75 bits per heavy atom. The zero-order valence-corrected chi connectivity index (χ0v) is 17.6. The number of amides is 1. The minimum atomic E-state index is -0.912.